The summed E-state index contributed by atoms with van der Waals surface area (Å²) < 4.78 is 1.88. The fraction of sp³-hybridized carbons (Fsp3) is 0.174. The van der Waals surface area contributed by atoms with Crippen molar-refractivity contribution in [1.82, 2.24) is 25.1 Å². The Morgan fingerprint density at radius 1 is 0.833 bits per heavy atom. The Kier molecular flexibility index (Phi) is 6.13. The molecule has 1 atom stereocenters. The van der Waals surface area contributed by atoms with Crippen LogP contribution >= 0.6 is 23.2 Å². The highest BCUT2D eigenvalue weighted by atomic mass is 35.5. The summed E-state index contributed by atoms with van der Waals surface area (Å²) in [6, 6.07) is 25.5. The second-order valence-electron chi connectivity index (χ2n) is 7.24. The topological polar surface area (TPSA) is 46.8 Å². The van der Waals surface area contributed by atoms with Gasteiger partial charge in [-0.3, -0.25) is 4.90 Å². The molecule has 0 aliphatic carbocycles. The Bertz CT molecular complexity index is 1070. The third-order valence-corrected chi connectivity index (χ3v) is 5.57. The number of hydrogen-bond acceptors (Lipinski definition) is 4. The van der Waals surface area contributed by atoms with Crippen LogP contribution in [-0.4, -0.2) is 39.2 Å². The molecular weight excluding hydrogens is 417 g/mol. The molecule has 152 valence electrons. The monoisotopic (exact) mass is 437 g/mol. The van der Waals surface area contributed by atoms with E-state index < -0.39 is 0 Å². The first-order chi connectivity index (χ1) is 14.6. The molecule has 0 N–H and O–H groups in total. The van der Waals surface area contributed by atoms with Gasteiger partial charge in [0.2, 0.25) is 0 Å². The van der Waals surface area contributed by atoms with E-state index in [4.69, 9.17) is 23.2 Å². The average Bonchev–Trinajstić information content (AvgIpc) is 3.20. The molecule has 0 bridgehead atoms. The summed E-state index contributed by atoms with van der Waals surface area (Å²) in [5.41, 5.74) is 3.08. The van der Waals surface area contributed by atoms with Crippen LogP contribution in [0.2, 0.25) is 10.0 Å². The maximum atomic E-state index is 6.56. The van der Waals surface area contributed by atoms with Gasteiger partial charge in [-0.1, -0.05) is 89.9 Å². The number of hydrogen-bond donors (Lipinski definition) is 0. The lowest BCUT2D eigenvalue weighted by Gasteiger charge is -2.27. The molecule has 0 fully saturated rings. The zero-order valence-corrected chi connectivity index (χ0v) is 18.2. The van der Waals surface area contributed by atoms with Gasteiger partial charge in [0.25, 0.3) is 0 Å². The van der Waals surface area contributed by atoms with E-state index >= 15 is 0 Å². The molecule has 0 unspecified atom stereocenters. The summed E-state index contributed by atoms with van der Waals surface area (Å²) in [7, 11) is 3.96. The zero-order chi connectivity index (χ0) is 21.1. The zero-order valence-electron chi connectivity index (χ0n) is 16.7. The highest BCUT2D eigenvalue weighted by Crippen LogP contribution is 2.35. The third-order valence-electron chi connectivity index (χ3n) is 5.01. The number of benzene rings is 3. The number of rotatable bonds is 6. The van der Waals surface area contributed by atoms with E-state index in [0.717, 1.165) is 16.7 Å². The van der Waals surface area contributed by atoms with Crippen molar-refractivity contribution in [2.75, 3.05) is 14.1 Å². The van der Waals surface area contributed by atoms with Crippen LogP contribution in [0.1, 0.15) is 34.6 Å². The second kappa shape index (κ2) is 8.96. The standard InChI is InChI=1S/C23H21Cl2N5/c1-29(2)22(19-14-13-18(24)15-20(19)25)23-26-27-28-30(23)21(16-9-5-3-6-10-16)17-11-7-4-8-12-17/h3-15,21-22H,1-2H3/t22-/m1/s1. The van der Waals surface area contributed by atoms with E-state index in [1.807, 2.05) is 72.2 Å². The SMILES string of the molecule is CN(C)[C@H](c1ccc(Cl)cc1Cl)c1nnnn1C(c1ccccc1)c1ccccc1. The number of nitrogens with zero attached hydrogens (tertiary/aromatic N) is 5. The van der Waals surface area contributed by atoms with Crippen LogP contribution in [0.3, 0.4) is 0 Å². The highest BCUT2D eigenvalue weighted by Gasteiger charge is 2.29. The maximum absolute atomic E-state index is 6.56. The van der Waals surface area contributed by atoms with Crippen molar-refractivity contribution in [3.8, 4) is 0 Å². The highest BCUT2D eigenvalue weighted by molar-refractivity contribution is 6.35. The Hall–Kier alpha value is -2.73. The van der Waals surface area contributed by atoms with Gasteiger partial charge in [0.05, 0.1) is 6.04 Å². The first-order valence-electron chi connectivity index (χ1n) is 9.55. The largest absolute Gasteiger partial charge is 0.296 e. The van der Waals surface area contributed by atoms with Crippen molar-refractivity contribution >= 4 is 23.2 Å². The van der Waals surface area contributed by atoms with Crippen LogP contribution in [0.15, 0.2) is 78.9 Å². The van der Waals surface area contributed by atoms with Gasteiger partial charge in [0, 0.05) is 10.0 Å². The quantitative estimate of drug-likeness (QED) is 0.412. The molecule has 0 radical (unpaired) electrons. The van der Waals surface area contributed by atoms with Gasteiger partial charge in [-0.15, -0.1) is 5.10 Å². The minimum absolute atomic E-state index is 0.175. The fourth-order valence-corrected chi connectivity index (χ4v) is 4.19. The van der Waals surface area contributed by atoms with E-state index in [1.54, 1.807) is 6.07 Å². The normalized spacial score (nSPS) is 12.5. The van der Waals surface area contributed by atoms with E-state index in [9.17, 15) is 0 Å². The van der Waals surface area contributed by atoms with Crippen LogP contribution in [0, 0.1) is 0 Å². The van der Waals surface area contributed by atoms with E-state index in [0.29, 0.717) is 15.9 Å². The molecule has 0 spiro atoms. The first kappa shape index (κ1) is 20.5. The van der Waals surface area contributed by atoms with Gasteiger partial charge in [0.1, 0.15) is 6.04 Å². The summed E-state index contributed by atoms with van der Waals surface area (Å²) in [5, 5.41) is 14.0. The Morgan fingerprint density at radius 3 is 1.97 bits per heavy atom. The molecule has 0 aliphatic rings. The summed E-state index contributed by atoms with van der Waals surface area (Å²) >= 11 is 12.7. The van der Waals surface area contributed by atoms with Gasteiger partial charge in [-0.2, -0.15) is 0 Å². The van der Waals surface area contributed by atoms with Crippen LogP contribution < -0.4 is 0 Å². The molecule has 30 heavy (non-hydrogen) atoms. The van der Waals surface area contributed by atoms with Crippen molar-refractivity contribution < 1.29 is 0 Å². The van der Waals surface area contributed by atoms with Crippen molar-refractivity contribution in [1.29, 1.82) is 0 Å². The number of aromatic nitrogens is 4. The summed E-state index contributed by atoms with van der Waals surface area (Å²) in [6.07, 6.45) is 0. The molecule has 1 heterocycles. The lowest BCUT2D eigenvalue weighted by Crippen LogP contribution is -2.27. The molecule has 1 aromatic heterocycles. The predicted octanol–water partition coefficient (Wildman–Crippen LogP) is 5.27. The van der Waals surface area contributed by atoms with Crippen molar-refractivity contribution in [2.45, 2.75) is 12.1 Å². The van der Waals surface area contributed by atoms with Crippen molar-refractivity contribution in [3.63, 3.8) is 0 Å². The summed E-state index contributed by atoms with van der Waals surface area (Å²) in [4.78, 5) is 2.05. The van der Waals surface area contributed by atoms with Gasteiger partial charge in [-0.05, 0) is 53.3 Å². The molecular formula is C23H21Cl2N5. The molecule has 0 aliphatic heterocycles. The lowest BCUT2D eigenvalue weighted by molar-refractivity contribution is 0.316. The van der Waals surface area contributed by atoms with E-state index in [-0.39, 0.29) is 12.1 Å². The number of halogens is 2. The molecule has 4 rings (SSSR count). The van der Waals surface area contributed by atoms with E-state index in [1.165, 1.54) is 0 Å². The summed E-state index contributed by atoms with van der Waals surface area (Å²) in [6.45, 7) is 0. The Morgan fingerprint density at radius 2 is 1.43 bits per heavy atom. The van der Waals surface area contributed by atoms with Gasteiger partial charge in [0.15, 0.2) is 5.82 Å². The number of tetrazole rings is 1. The predicted molar refractivity (Wildman–Crippen MR) is 120 cm³/mol. The second-order valence-corrected chi connectivity index (χ2v) is 8.08. The Balaban J connectivity index is 1.89. The smallest absolute Gasteiger partial charge is 0.174 e. The Labute approximate surface area is 185 Å². The van der Waals surface area contributed by atoms with Crippen LogP contribution in [0.5, 0.6) is 0 Å². The molecule has 3 aromatic carbocycles. The van der Waals surface area contributed by atoms with Crippen molar-refractivity contribution in [3.05, 3.63) is 111 Å². The van der Waals surface area contributed by atoms with E-state index in [2.05, 4.69) is 39.8 Å². The first-order valence-corrected chi connectivity index (χ1v) is 10.3. The third kappa shape index (κ3) is 4.10. The van der Waals surface area contributed by atoms with Crippen LogP contribution in [0.4, 0.5) is 0 Å². The van der Waals surface area contributed by atoms with Crippen LogP contribution in [0.25, 0.3) is 0 Å². The lowest BCUT2D eigenvalue weighted by atomic mass is 9.97. The minimum atomic E-state index is -0.250. The van der Waals surface area contributed by atoms with Gasteiger partial charge in [-0.25, -0.2) is 4.68 Å². The molecule has 5 nitrogen and oxygen atoms in total. The molecule has 0 saturated carbocycles. The molecule has 0 saturated heterocycles. The minimum Gasteiger partial charge on any atom is -0.296 e. The van der Waals surface area contributed by atoms with Crippen molar-refractivity contribution in [2.24, 2.45) is 0 Å². The van der Waals surface area contributed by atoms with Gasteiger partial charge >= 0.3 is 0 Å². The molecule has 4 aromatic rings. The molecule has 0 amide bonds. The van der Waals surface area contributed by atoms with Gasteiger partial charge < -0.3 is 0 Å². The fourth-order valence-electron chi connectivity index (χ4n) is 3.68. The maximum Gasteiger partial charge on any atom is 0.174 e. The average molecular weight is 438 g/mol. The molecule has 7 heteroatoms. The van der Waals surface area contributed by atoms with Crippen LogP contribution in [-0.2, 0) is 0 Å². The summed E-state index contributed by atoms with van der Waals surface area (Å²) in [5.74, 6) is 0.696.